The number of nitrogens with zero attached hydrogens (tertiary/aromatic N) is 2. The number of aliphatic hydroxyl groups is 1. The van der Waals surface area contributed by atoms with E-state index in [1.54, 1.807) is 0 Å². The molecule has 5 nitrogen and oxygen atoms in total. The summed E-state index contributed by atoms with van der Waals surface area (Å²) >= 11 is 5.59. The van der Waals surface area contributed by atoms with Gasteiger partial charge < -0.3 is 10.4 Å². The molecule has 1 aromatic rings. The first kappa shape index (κ1) is 12.3. The number of carbonyl (C=O) groups is 1. The van der Waals surface area contributed by atoms with Gasteiger partial charge in [-0.25, -0.2) is 0 Å². The van der Waals surface area contributed by atoms with Crippen molar-refractivity contribution in [1.82, 2.24) is 15.5 Å². The van der Waals surface area contributed by atoms with Crippen LogP contribution in [0.2, 0.25) is 5.15 Å². The zero-order chi connectivity index (χ0) is 12.3. The Kier molecular flexibility index (Phi) is 3.91. The van der Waals surface area contributed by atoms with E-state index in [-0.39, 0.29) is 22.8 Å². The van der Waals surface area contributed by atoms with Crippen LogP contribution in [0.3, 0.4) is 0 Å². The zero-order valence-corrected chi connectivity index (χ0v) is 10.0. The summed E-state index contributed by atoms with van der Waals surface area (Å²) in [7, 11) is 0. The van der Waals surface area contributed by atoms with E-state index in [1.165, 1.54) is 12.1 Å². The van der Waals surface area contributed by atoms with E-state index in [0.29, 0.717) is 0 Å². The molecule has 0 radical (unpaired) electrons. The zero-order valence-electron chi connectivity index (χ0n) is 9.27. The molecule has 0 aromatic carbocycles. The maximum absolute atomic E-state index is 11.8. The second-order valence-corrected chi connectivity index (χ2v) is 4.56. The predicted octanol–water partition coefficient (Wildman–Crippen LogP) is 1.16. The average molecular weight is 256 g/mol. The van der Waals surface area contributed by atoms with E-state index in [2.05, 4.69) is 15.5 Å². The summed E-state index contributed by atoms with van der Waals surface area (Å²) in [6.07, 6.45) is 3.10. The number of rotatable bonds is 2. The normalized spacial score (nSPS) is 24.4. The first-order valence-electron chi connectivity index (χ1n) is 5.65. The highest BCUT2D eigenvalue weighted by atomic mass is 35.5. The monoisotopic (exact) mass is 255 g/mol. The van der Waals surface area contributed by atoms with Crippen LogP contribution >= 0.6 is 11.6 Å². The molecule has 17 heavy (non-hydrogen) atoms. The quantitative estimate of drug-likeness (QED) is 0.832. The molecular weight excluding hydrogens is 242 g/mol. The van der Waals surface area contributed by atoms with E-state index in [1.807, 2.05) is 0 Å². The Labute approximate surface area is 104 Å². The molecule has 2 atom stereocenters. The van der Waals surface area contributed by atoms with Crippen molar-refractivity contribution >= 4 is 17.5 Å². The Hall–Kier alpha value is -1.20. The Bertz CT molecular complexity index is 396. The third kappa shape index (κ3) is 3.14. The van der Waals surface area contributed by atoms with Gasteiger partial charge in [-0.15, -0.1) is 10.2 Å². The Morgan fingerprint density at radius 3 is 2.76 bits per heavy atom. The minimum absolute atomic E-state index is 0.186. The van der Waals surface area contributed by atoms with Crippen molar-refractivity contribution in [2.24, 2.45) is 0 Å². The van der Waals surface area contributed by atoms with E-state index in [9.17, 15) is 9.90 Å². The minimum atomic E-state index is -0.465. The molecule has 1 fully saturated rings. The number of aromatic nitrogens is 2. The second kappa shape index (κ2) is 5.42. The lowest BCUT2D eigenvalue weighted by atomic mass is 9.92. The van der Waals surface area contributed by atoms with Crippen molar-refractivity contribution in [2.45, 2.75) is 37.8 Å². The fourth-order valence-corrected chi connectivity index (χ4v) is 2.06. The lowest BCUT2D eigenvalue weighted by Gasteiger charge is -2.28. The fraction of sp³-hybridized carbons (Fsp3) is 0.545. The van der Waals surface area contributed by atoms with Crippen molar-refractivity contribution in [3.8, 4) is 0 Å². The molecule has 1 amide bonds. The van der Waals surface area contributed by atoms with Gasteiger partial charge in [0.1, 0.15) is 0 Å². The number of halogens is 1. The maximum Gasteiger partial charge on any atom is 0.272 e. The van der Waals surface area contributed by atoms with Crippen LogP contribution in [-0.2, 0) is 0 Å². The van der Waals surface area contributed by atoms with Crippen LogP contribution < -0.4 is 5.32 Å². The van der Waals surface area contributed by atoms with Gasteiger partial charge in [-0.2, -0.15) is 0 Å². The van der Waals surface area contributed by atoms with Gasteiger partial charge in [0.15, 0.2) is 10.8 Å². The summed E-state index contributed by atoms with van der Waals surface area (Å²) < 4.78 is 0. The second-order valence-electron chi connectivity index (χ2n) is 4.17. The van der Waals surface area contributed by atoms with Crippen molar-refractivity contribution in [3.63, 3.8) is 0 Å². The molecule has 0 aliphatic heterocycles. The van der Waals surface area contributed by atoms with Crippen molar-refractivity contribution in [3.05, 3.63) is 23.0 Å². The predicted molar refractivity (Wildman–Crippen MR) is 62.8 cm³/mol. The standard InChI is InChI=1S/C11H14ClN3O2/c12-10-6-5-8(14-15-10)11(17)13-7-3-1-2-4-9(7)16/h5-7,9,16H,1-4H2,(H,13,17)/t7-,9-/m0/s1. The van der Waals surface area contributed by atoms with E-state index in [4.69, 9.17) is 11.6 Å². The molecule has 0 bridgehead atoms. The largest absolute Gasteiger partial charge is 0.391 e. The Balaban J connectivity index is 1.98. The Morgan fingerprint density at radius 2 is 2.12 bits per heavy atom. The summed E-state index contributed by atoms with van der Waals surface area (Å²) in [5.41, 5.74) is 0.215. The van der Waals surface area contributed by atoms with E-state index in [0.717, 1.165) is 25.7 Å². The van der Waals surface area contributed by atoms with Crippen molar-refractivity contribution in [1.29, 1.82) is 0 Å². The molecule has 1 aromatic heterocycles. The molecule has 0 saturated heterocycles. The van der Waals surface area contributed by atoms with Gasteiger partial charge in [0, 0.05) is 0 Å². The number of carbonyl (C=O) groups excluding carboxylic acids is 1. The molecule has 1 aliphatic rings. The van der Waals surface area contributed by atoms with Gasteiger partial charge in [0.05, 0.1) is 12.1 Å². The summed E-state index contributed by atoms with van der Waals surface area (Å²) in [6, 6.07) is 2.84. The molecule has 2 rings (SSSR count). The summed E-state index contributed by atoms with van der Waals surface area (Å²) in [6.45, 7) is 0. The molecule has 6 heteroatoms. The molecule has 1 heterocycles. The molecular formula is C11H14ClN3O2. The number of aliphatic hydroxyl groups excluding tert-OH is 1. The summed E-state index contributed by atoms with van der Waals surface area (Å²) in [4.78, 5) is 11.8. The van der Waals surface area contributed by atoms with Gasteiger partial charge in [0.2, 0.25) is 0 Å². The van der Waals surface area contributed by atoms with Gasteiger partial charge in [-0.1, -0.05) is 24.4 Å². The van der Waals surface area contributed by atoms with Crippen LogP contribution in [0.25, 0.3) is 0 Å². The highest BCUT2D eigenvalue weighted by molar-refractivity contribution is 6.29. The Morgan fingerprint density at radius 1 is 1.35 bits per heavy atom. The third-order valence-electron chi connectivity index (χ3n) is 2.91. The van der Waals surface area contributed by atoms with Gasteiger partial charge >= 0.3 is 0 Å². The van der Waals surface area contributed by atoms with Crippen LogP contribution in [0.4, 0.5) is 0 Å². The lowest BCUT2D eigenvalue weighted by Crippen LogP contribution is -2.45. The van der Waals surface area contributed by atoms with E-state index >= 15 is 0 Å². The summed E-state index contributed by atoms with van der Waals surface area (Å²) in [5, 5.41) is 20.1. The van der Waals surface area contributed by atoms with Crippen LogP contribution in [0.15, 0.2) is 12.1 Å². The highest BCUT2D eigenvalue weighted by Crippen LogP contribution is 2.18. The van der Waals surface area contributed by atoms with Crippen LogP contribution in [0, 0.1) is 0 Å². The molecule has 0 unspecified atom stereocenters. The molecule has 92 valence electrons. The maximum atomic E-state index is 11.8. The number of hydrogen-bond donors (Lipinski definition) is 2. The smallest absolute Gasteiger partial charge is 0.272 e. The van der Waals surface area contributed by atoms with Gasteiger partial charge in [-0.05, 0) is 25.0 Å². The minimum Gasteiger partial charge on any atom is -0.391 e. The molecule has 1 saturated carbocycles. The molecule has 0 spiro atoms. The number of nitrogens with one attached hydrogen (secondary N) is 1. The summed E-state index contributed by atoms with van der Waals surface area (Å²) in [5.74, 6) is -0.319. The van der Waals surface area contributed by atoms with Crippen LogP contribution in [-0.4, -0.2) is 33.4 Å². The van der Waals surface area contributed by atoms with Crippen LogP contribution in [0.5, 0.6) is 0 Å². The number of amides is 1. The lowest BCUT2D eigenvalue weighted by molar-refractivity contribution is 0.0713. The SMILES string of the molecule is O=C(N[C@H]1CCCC[C@@H]1O)c1ccc(Cl)nn1. The van der Waals surface area contributed by atoms with Gasteiger partial charge in [-0.3, -0.25) is 4.79 Å². The third-order valence-corrected chi connectivity index (χ3v) is 3.11. The first-order chi connectivity index (χ1) is 8.16. The van der Waals surface area contributed by atoms with Crippen molar-refractivity contribution in [2.75, 3.05) is 0 Å². The van der Waals surface area contributed by atoms with Crippen molar-refractivity contribution < 1.29 is 9.90 Å². The molecule has 1 aliphatic carbocycles. The topological polar surface area (TPSA) is 75.1 Å². The van der Waals surface area contributed by atoms with Crippen LogP contribution in [0.1, 0.15) is 36.2 Å². The van der Waals surface area contributed by atoms with E-state index < -0.39 is 6.10 Å². The first-order valence-corrected chi connectivity index (χ1v) is 6.03. The average Bonchev–Trinajstić information content (AvgIpc) is 2.33. The van der Waals surface area contributed by atoms with Gasteiger partial charge in [0.25, 0.3) is 5.91 Å². The number of hydrogen-bond acceptors (Lipinski definition) is 4. The fourth-order valence-electron chi connectivity index (χ4n) is 1.96. The highest BCUT2D eigenvalue weighted by Gasteiger charge is 2.25. The molecule has 2 N–H and O–H groups in total.